The molecule has 1 aliphatic heterocycles. The molecular formula is C29H35ClN2O2. The molecular weight excluding hydrogens is 444 g/mol. The van der Waals surface area contributed by atoms with Gasteiger partial charge in [-0.1, -0.05) is 66.2 Å². The second kappa shape index (κ2) is 10.3. The van der Waals surface area contributed by atoms with Crippen molar-refractivity contribution in [3.8, 4) is 0 Å². The number of fused-ring (bicyclic) bond motifs is 1. The molecule has 2 aliphatic rings. The lowest BCUT2D eigenvalue weighted by Gasteiger charge is -2.46. The topological polar surface area (TPSA) is 35.9 Å². The zero-order valence-electron chi connectivity index (χ0n) is 20.0. The molecule has 5 heteroatoms. The third-order valence-electron chi connectivity index (χ3n) is 7.83. The van der Waals surface area contributed by atoms with Gasteiger partial charge in [-0.25, -0.2) is 0 Å². The minimum atomic E-state index is -0.850. The lowest BCUT2D eigenvalue weighted by atomic mass is 9.70. The van der Waals surface area contributed by atoms with Crippen LogP contribution >= 0.6 is 11.6 Å². The predicted octanol–water partition coefficient (Wildman–Crippen LogP) is 5.31. The lowest BCUT2D eigenvalue weighted by Crippen LogP contribution is -2.52. The second-order valence-corrected chi connectivity index (χ2v) is 10.5. The summed E-state index contributed by atoms with van der Waals surface area (Å²) in [6.07, 6.45) is 2.51. The Hall–Kier alpha value is -1.95. The van der Waals surface area contributed by atoms with Gasteiger partial charge in [0.2, 0.25) is 0 Å². The van der Waals surface area contributed by atoms with E-state index in [1.54, 1.807) is 0 Å². The molecule has 1 aliphatic carbocycles. The summed E-state index contributed by atoms with van der Waals surface area (Å²) in [5, 5.41) is 15.3. The number of halogens is 1. The molecule has 0 spiro atoms. The second-order valence-electron chi connectivity index (χ2n) is 10.1. The molecule has 4 nitrogen and oxygen atoms in total. The Kier molecular flexibility index (Phi) is 7.24. The van der Waals surface area contributed by atoms with Gasteiger partial charge in [0, 0.05) is 43.7 Å². The van der Waals surface area contributed by atoms with Crippen molar-refractivity contribution in [3.05, 3.63) is 82.9 Å². The average molecular weight is 479 g/mol. The Balaban J connectivity index is 1.36. The molecule has 3 aromatic rings. The molecule has 34 heavy (non-hydrogen) atoms. The van der Waals surface area contributed by atoms with Crippen LogP contribution in [0.15, 0.2) is 66.7 Å². The summed E-state index contributed by atoms with van der Waals surface area (Å²) < 4.78 is 6.36. The fourth-order valence-electron chi connectivity index (χ4n) is 5.60. The lowest BCUT2D eigenvalue weighted by molar-refractivity contribution is -0.114. The van der Waals surface area contributed by atoms with Gasteiger partial charge >= 0.3 is 0 Å². The molecule has 0 bridgehead atoms. The van der Waals surface area contributed by atoms with Crippen LogP contribution in [0.1, 0.15) is 30.4 Å². The Labute approximate surface area is 208 Å². The first kappa shape index (κ1) is 23.8. The SMILES string of the molecule is CN1CCN(CC2CC(OCc3ccccc3Cl)CCC2(O)c2ccc3ccccc3c2)CC1. The number of hydrogen-bond donors (Lipinski definition) is 1. The molecule has 1 saturated heterocycles. The highest BCUT2D eigenvalue weighted by atomic mass is 35.5. The first-order chi connectivity index (χ1) is 16.5. The Morgan fingerprint density at radius 1 is 0.971 bits per heavy atom. The van der Waals surface area contributed by atoms with E-state index in [1.807, 2.05) is 24.3 Å². The van der Waals surface area contributed by atoms with E-state index >= 15 is 0 Å². The number of aliphatic hydroxyl groups is 1. The van der Waals surface area contributed by atoms with Gasteiger partial charge in [0.15, 0.2) is 0 Å². The number of benzene rings is 3. The van der Waals surface area contributed by atoms with Crippen molar-refractivity contribution < 1.29 is 9.84 Å². The van der Waals surface area contributed by atoms with Crippen LogP contribution in [0, 0.1) is 5.92 Å². The molecule has 3 atom stereocenters. The van der Waals surface area contributed by atoms with Crippen LogP contribution < -0.4 is 0 Å². The Morgan fingerprint density at radius 2 is 1.71 bits per heavy atom. The maximum absolute atomic E-state index is 12.2. The van der Waals surface area contributed by atoms with Crippen LogP contribution in [-0.2, 0) is 16.9 Å². The first-order valence-corrected chi connectivity index (χ1v) is 12.9. The fraction of sp³-hybridized carbons (Fsp3) is 0.448. The van der Waals surface area contributed by atoms with Gasteiger partial charge in [0.1, 0.15) is 0 Å². The van der Waals surface area contributed by atoms with Crippen LogP contribution in [-0.4, -0.2) is 60.8 Å². The largest absolute Gasteiger partial charge is 0.385 e. The number of rotatable bonds is 6. The minimum Gasteiger partial charge on any atom is -0.385 e. The average Bonchev–Trinajstić information content (AvgIpc) is 2.86. The van der Waals surface area contributed by atoms with Crippen LogP contribution in [0.2, 0.25) is 5.02 Å². The normalized spacial score (nSPS) is 26.7. The smallest absolute Gasteiger partial charge is 0.0938 e. The summed E-state index contributed by atoms with van der Waals surface area (Å²) in [4.78, 5) is 4.90. The van der Waals surface area contributed by atoms with E-state index in [4.69, 9.17) is 16.3 Å². The molecule has 3 aromatic carbocycles. The highest BCUT2D eigenvalue weighted by molar-refractivity contribution is 6.31. The summed E-state index contributed by atoms with van der Waals surface area (Å²) in [7, 11) is 2.18. The first-order valence-electron chi connectivity index (χ1n) is 12.5. The third-order valence-corrected chi connectivity index (χ3v) is 8.20. The quantitative estimate of drug-likeness (QED) is 0.520. The molecule has 2 fully saturated rings. The number of ether oxygens (including phenoxy) is 1. The van der Waals surface area contributed by atoms with E-state index in [2.05, 4.69) is 59.3 Å². The number of likely N-dealkylation sites (N-methyl/N-ethyl adjacent to an activating group) is 1. The maximum atomic E-state index is 12.2. The van der Waals surface area contributed by atoms with Crippen LogP contribution in [0.25, 0.3) is 10.8 Å². The van der Waals surface area contributed by atoms with Crippen molar-refractivity contribution in [1.82, 2.24) is 9.80 Å². The summed E-state index contributed by atoms with van der Waals surface area (Å²) in [6.45, 7) is 5.65. The molecule has 5 rings (SSSR count). The summed E-state index contributed by atoms with van der Waals surface area (Å²) in [6, 6.07) is 22.7. The predicted molar refractivity (Wildman–Crippen MR) is 139 cm³/mol. The molecule has 3 unspecified atom stereocenters. The van der Waals surface area contributed by atoms with Crippen molar-refractivity contribution in [3.63, 3.8) is 0 Å². The van der Waals surface area contributed by atoms with Crippen molar-refractivity contribution in [2.24, 2.45) is 5.92 Å². The molecule has 1 heterocycles. The number of piperazine rings is 1. The van der Waals surface area contributed by atoms with Crippen LogP contribution in [0.3, 0.4) is 0 Å². The molecule has 0 radical (unpaired) electrons. The van der Waals surface area contributed by atoms with E-state index in [1.165, 1.54) is 10.8 Å². The molecule has 180 valence electrons. The highest BCUT2D eigenvalue weighted by Gasteiger charge is 2.44. The van der Waals surface area contributed by atoms with E-state index in [0.29, 0.717) is 13.0 Å². The standard InChI is InChI=1S/C29H35ClN2O2/c1-31-14-16-32(17-15-31)20-26-19-27(34-21-24-8-4-5-9-28(24)30)12-13-29(26,33)25-11-10-22-6-2-3-7-23(22)18-25/h2-11,18,26-27,33H,12-17,19-21H2,1H3. The monoisotopic (exact) mass is 478 g/mol. The summed E-state index contributed by atoms with van der Waals surface area (Å²) in [5.74, 6) is 0.113. The van der Waals surface area contributed by atoms with Crippen LogP contribution in [0.4, 0.5) is 0 Å². The molecule has 0 aromatic heterocycles. The van der Waals surface area contributed by atoms with Gasteiger partial charge in [-0.2, -0.15) is 0 Å². The maximum Gasteiger partial charge on any atom is 0.0938 e. The molecule has 0 amide bonds. The van der Waals surface area contributed by atoms with Crippen molar-refractivity contribution >= 4 is 22.4 Å². The van der Waals surface area contributed by atoms with Crippen molar-refractivity contribution in [2.45, 2.75) is 37.6 Å². The zero-order chi connectivity index (χ0) is 23.5. The Bertz CT molecular complexity index is 1110. The van der Waals surface area contributed by atoms with Gasteiger partial charge in [-0.05, 0) is 60.3 Å². The van der Waals surface area contributed by atoms with E-state index in [9.17, 15) is 5.11 Å². The third kappa shape index (κ3) is 5.17. The van der Waals surface area contributed by atoms with Crippen LogP contribution in [0.5, 0.6) is 0 Å². The summed E-state index contributed by atoms with van der Waals surface area (Å²) in [5.41, 5.74) is 1.21. The van der Waals surface area contributed by atoms with Gasteiger partial charge < -0.3 is 19.6 Å². The van der Waals surface area contributed by atoms with E-state index in [-0.39, 0.29) is 12.0 Å². The van der Waals surface area contributed by atoms with Crippen molar-refractivity contribution in [1.29, 1.82) is 0 Å². The van der Waals surface area contributed by atoms with E-state index in [0.717, 1.165) is 61.7 Å². The van der Waals surface area contributed by atoms with Crippen molar-refractivity contribution in [2.75, 3.05) is 39.8 Å². The summed E-state index contributed by atoms with van der Waals surface area (Å²) >= 11 is 6.35. The van der Waals surface area contributed by atoms with Gasteiger partial charge in [0.25, 0.3) is 0 Å². The number of hydrogen-bond acceptors (Lipinski definition) is 4. The van der Waals surface area contributed by atoms with Gasteiger partial charge in [-0.3, -0.25) is 0 Å². The highest BCUT2D eigenvalue weighted by Crippen LogP contribution is 2.44. The minimum absolute atomic E-state index is 0.113. The molecule has 1 N–H and O–H groups in total. The van der Waals surface area contributed by atoms with E-state index < -0.39 is 5.60 Å². The van der Waals surface area contributed by atoms with Gasteiger partial charge in [-0.15, -0.1) is 0 Å². The zero-order valence-corrected chi connectivity index (χ0v) is 20.8. The fourth-order valence-corrected chi connectivity index (χ4v) is 5.79. The van der Waals surface area contributed by atoms with Gasteiger partial charge in [0.05, 0.1) is 18.3 Å². The molecule has 1 saturated carbocycles. The number of nitrogens with zero attached hydrogens (tertiary/aromatic N) is 2. The Morgan fingerprint density at radius 3 is 2.50 bits per heavy atom.